The Balaban J connectivity index is 2.13. The van der Waals surface area contributed by atoms with Crippen LogP contribution in [-0.4, -0.2) is 11.9 Å². The average molecular weight is 268 g/mol. The Bertz CT molecular complexity index is 389. The second-order valence-electron chi connectivity index (χ2n) is 4.05. The molecule has 0 spiro atoms. The van der Waals surface area contributed by atoms with Gasteiger partial charge in [-0.3, -0.25) is 4.79 Å². The summed E-state index contributed by atoms with van der Waals surface area (Å²) in [4.78, 5) is 11.0. The highest BCUT2D eigenvalue weighted by Crippen LogP contribution is 2.24. The SMILES string of the molecule is CC(=O)NC1CCc2cc(Br)ccc2C1. The predicted molar refractivity (Wildman–Crippen MR) is 63.8 cm³/mol. The summed E-state index contributed by atoms with van der Waals surface area (Å²) >= 11 is 3.48. The van der Waals surface area contributed by atoms with Gasteiger partial charge >= 0.3 is 0 Å². The Labute approximate surface area is 98.2 Å². The molecular formula is C12H14BrNO. The molecule has 1 unspecified atom stereocenters. The lowest BCUT2D eigenvalue weighted by molar-refractivity contribution is -0.119. The Kier molecular flexibility index (Phi) is 3.10. The van der Waals surface area contributed by atoms with Crippen molar-refractivity contribution in [3.63, 3.8) is 0 Å². The molecule has 1 atom stereocenters. The topological polar surface area (TPSA) is 29.1 Å². The van der Waals surface area contributed by atoms with E-state index < -0.39 is 0 Å². The van der Waals surface area contributed by atoms with Gasteiger partial charge in [0.15, 0.2) is 0 Å². The number of carbonyl (C=O) groups is 1. The van der Waals surface area contributed by atoms with Crippen molar-refractivity contribution in [3.05, 3.63) is 33.8 Å². The molecule has 1 aliphatic rings. The first-order chi connectivity index (χ1) is 7.15. The summed E-state index contributed by atoms with van der Waals surface area (Å²) in [7, 11) is 0. The molecule has 0 heterocycles. The van der Waals surface area contributed by atoms with Crippen LogP contribution in [0.4, 0.5) is 0 Å². The number of hydrogen-bond acceptors (Lipinski definition) is 1. The van der Waals surface area contributed by atoms with Crippen molar-refractivity contribution in [3.8, 4) is 0 Å². The van der Waals surface area contributed by atoms with Gasteiger partial charge in [-0.2, -0.15) is 0 Å². The third kappa shape index (κ3) is 2.59. The van der Waals surface area contributed by atoms with E-state index in [9.17, 15) is 4.79 Å². The number of rotatable bonds is 1. The Morgan fingerprint density at radius 1 is 1.47 bits per heavy atom. The standard InChI is InChI=1S/C12H14BrNO/c1-8(15)14-12-5-3-9-6-11(13)4-2-10(9)7-12/h2,4,6,12H,3,5,7H2,1H3,(H,14,15). The summed E-state index contributed by atoms with van der Waals surface area (Å²) in [5.74, 6) is 0.0700. The molecule has 15 heavy (non-hydrogen) atoms. The van der Waals surface area contributed by atoms with Crippen LogP contribution in [0.3, 0.4) is 0 Å². The van der Waals surface area contributed by atoms with Crippen LogP contribution in [0.5, 0.6) is 0 Å². The molecule has 0 bridgehead atoms. The van der Waals surface area contributed by atoms with Crippen molar-refractivity contribution in [1.29, 1.82) is 0 Å². The summed E-state index contributed by atoms with van der Waals surface area (Å²) < 4.78 is 1.14. The lowest BCUT2D eigenvalue weighted by atomic mass is 9.88. The smallest absolute Gasteiger partial charge is 0.217 e. The Hall–Kier alpha value is -0.830. The van der Waals surface area contributed by atoms with Gasteiger partial charge < -0.3 is 5.32 Å². The van der Waals surface area contributed by atoms with Crippen molar-refractivity contribution < 1.29 is 4.79 Å². The van der Waals surface area contributed by atoms with Crippen LogP contribution in [-0.2, 0) is 17.6 Å². The van der Waals surface area contributed by atoms with Gasteiger partial charge in [0, 0.05) is 17.4 Å². The van der Waals surface area contributed by atoms with Gasteiger partial charge in [0.25, 0.3) is 0 Å². The predicted octanol–water partition coefficient (Wildman–Crippen LogP) is 2.44. The van der Waals surface area contributed by atoms with E-state index in [2.05, 4.69) is 39.4 Å². The molecule has 0 fully saturated rings. The number of carbonyl (C=O) groups excluding carboxylic acids is 1. The van der Waals surface area contributed by atoms with Gasteiger partial charge in [0.2, 0.25) is 5.91 Å². The molecule has 80 valence electrons. The van der Waals surface area contributed by atoms with Crippen molar-refractivity contribution in [2.24, 2.45) is 0 Å². The lowest BCUT2D eigenvalue weighted by Crippen LogP contribution is -2.37. The van der Waals surface area contributed by atoms with E-state index in [0.717, 1.165) is 23.7 Å². The average Bonchev–Trinajstić information content (AvgIpc) is 2.17. The number of hydrogen-bond donors (Lipinski definition) is 1. The van der Waals surface area contributed by atoms with Gasteiger partial charge in [-0.15, -0.1) is 0 Å². The molecule has 3 heteroatoms. The van der Waals surface area contributed by atoms with Crippen LogP contribution in [0.2, 0.25) is 0 Å². The highest BCUT2D eigenvalue weighted by molar-refractivity contribution is 9.10. The number of amides is 1. The first-order valence-corrected chi connectivity index (χ1v) is 5.99. The number of benzene rings is 1. The summed E-state index contributed by atoms with van der Waals surface area (Å²) in [6, 6.07) is 6.71. The molecule has 1 aliphatic carbocycles. The molecule has 0 aromatic heterocycles. The monoisotopic (exact) mass is 267 g/mol. The fourth-order valence-electron chi connectivity index (χ4n) is 2.13. The summed E-state index contributed by atoms with van der Waals surface area (Å²) in [6.07, 6.45) is 3.06. The minimum atomic E-state index is 0.0700. The van der Waals surface area contributed by atoms with Crippen molar-refractivity contribution in [2.75, 3.05) is 0 Å². The number of halogens is 1. The molecular weight excluding hydrogens is 254 g/mol. The second-order valence-corrected chi connectivity index (χ2v) is 4.97. The van der Waals surface area contributed by atoms with Gasteiger partial charge in [-0.1, -0.05) is 22.0 Å². The fourth-order valence-corrected chi connectivity index (χ4v) is 2.54. The van der Waals surface area contributed by atoms with Crippen molar-refractivity contribution in [1.82, 2.24) is 5.32 Å². The summed E-state index contributed by atoms with van der Waals surface area (Å²) in [5, 5.41) is 2.99. The normalized spacial score (nSPS) is 19.5. The van der Waals surface area contributed by atoms with Crippen LogP contribution >= 0.6 is 15.9 Å². The minimum absolute atomic E-state index is 0.0700. The van der Waals surface area contributed by atoms with E-state index in [-0.39, 0.29) is 5.91 Å². The van der Waals surface area contributed by atoms with E-state index in [1.807, 2.05) is 0 Å². The first kappa shape index (κ1) is 10.7. The fraction of sp³-hybridized carbons (Fsp3) is 0.417. The highest BCUT2D eigenvalue weighted by atomic mass is 79.9. The van der Waals surface area contributed by atoms with Crippen molar-refractivity contribution in [2.45, 2.75) is 32.2 Å². The maximum atomic E-state index is 11.0. The third-order valence-corrected chi connectivity index (χ3v) is 3.30. The van der Waals surface area contributed by atoms with E-state index >= 15 is 0 Å². The maximum Gasteiger partial charge on any atom is 0.217 e. The number of aryl methyl sites for hydroxylation is 1. The van der Waals surface area contributed by atoms with Crippen LogP contribution in [0.25, 0.3) is 0 Å². The van der Waals surface area contributed by atoms with E-state index in [4.69, 9.17) is 0 Å². The zero-order chi connectivity index (χ0) is 10.8. The third-order valence-electron chi connectivity index (χ3n) is 2.80. The Morgan fingerprint density at radius 3 is 3.00 bits per heavy atom. The van der Waals surface area contributed by atoms with Crippen LogP contribution < -0.4 is 5.32 Å². The number of nitrogens with one attached hydrogen (secondary N) is 1. The van der Waals surface area contributed by atoms with Crippen LogP contribution in [0.1, 0.15) is 24.5 Å². The summed E-state index contributed by atoms with van der Waals surface area (Å²) in [6.45, 7) is 1.58. The molecule has 0 aliphatic heterocycles. The molecule has 1 aromatic carbocycles. The molecule has 1 aromatic rings. The molecule has 0 saturated heterocycles. The molecule has 0 radical (unpaired) electrons. The Morgan fingerprint density at radius 2 is 2.27 bits per heavy atom. The zero-order valence-electron chi connectivity index (χ0n) is 8.72. The molecule has 2 rings (SSSR count). The minimum Gasteiger partial charge on any atom is -0.353 e. The van der Waals surface area contributed by atoms with Gasteiger partial charge in [-0.25, -0.2) is 0 Å². The molecule has 2 nitrogen and oxygen atoms in total. The first-order valence-electron chi connectivity index (χ1n) is 5.19. The van der Waals surface area contributed by atoms with Crippen LogP contribution in [0.15, 0.2) is 22.7 Å². The van der Waals surface area contributed by atoms with E-state index in [0.29, 0.717) is 6.04 Å². The molecule has 0 saturated carbocycles. The summed E-state index contributed by atoms with van der Waals surface area (Å²) in [5.41, 5.74) is 2.77. The second kappa shape index (κ2) is 4.35. The van der Waals surface area contributed by atoms with Crippen LogP contribution in [0, 0.1) is 0 Å². The van der Waals surface area contributed by atoms with Gasteiger partial charge in [0.05, 0.1) is 0 Å². The highest BCUT2D eigenvalue weighted by Gasteiger charge is 2.18. The zero-order valence-corrected chi connectivity index (χ0v) is 10.3. The van der Waals surface area contributed by atoms with Crippen molar-refractivity contribution >= 4 is 21.8 Å². The van der Waals surface area contributed by atoms with Gasteiger partial charge in [0.1, 0.15) is 0 Å². The van der Waals surface area contributed by atoms with E-state index in [1.54, 1.807) is 6.92 Å². The largest absolute Gasteiger partial charge is 0.353 e. The van der Waals surface area contributed by atoms with Gasteiger partial charge in [-0.05, 0) is 42.5 Å². The molecule has 1 N–H and O–H groups in total. The van der Waals surface area contributed by atoms with E-state index in [1.165, 1.54) is 11.1 Å². The lowest BCUT2D eigenvalue weighted by Gasteiger charge is -2.25. The molecule has 1 amide bonds. The number of fused-ring (bicyclic) bond motifs is 1. The quantitative estimate of drug-likeness (QED) is 0.832. The maximum absolute atomic E-state index is 11.0.